The lowest BCUT2D eigenvalue weighted by Gasteiger charge is -2.41. The van der Waals surface area contributed by atoms with E-state index in [-0.39, 0.29) is 6.03 Å². The lowest BCUT2D eigenvalue weighted by molar-refractivity contribution is -0.150. The smallest absolute Gasteiger partial charge is 0.317 e. The Morgan fingerprint density at radius 2 is 1.80 bits per heavy atom. The Labute approximate surface area is 121 Å². The van der Waals surface area contributed by atoms with Crippen molar-refractivity contribution in [1.29, 1.82) is 0 Å². The molecule has 0 aromatic heterocycles. The van der Waals surface area contributed by atoms with Crippen LogP contribution in [0.1, 0.15) is 53.9 Å². The number of carboxylic acids is 1. The third kappa shape index (κ3) is 3.44. The Bertz CT molecular complexity index is 373. The summed E-state index contributed by atoms with van der Waals surface area (Å²) in [6.45, 7) is 10.2. The summed E-state index contributed by atoms with van der Waals surface area (Å²) in [7, 11) is 0. The summed E-state index contributed by atoms with van der Waals surface area (Å²) in [5.41, 5.74) is -1.85. The van der Waals surface area contributed by atoms with Gasteiger partial charge in [-0.25, -0.2) is 4.79 Å². The molecule has 0 unspecified atom stereocenters. The molecule has 5 nitrogen and oxygen atoms in total. The average Bonchev–Trinajstić information content (AvgIpc) is 2.26. The first-order chi connectivity index (χ1) is 9.11. The lowest BCUT2D eigenvalue weighted by Crippen LogP contribution is -2.60. The van der Waals surface area contributed by atoms with Crippen molar-refractivity contribution in [3.8, 4) is 0 Å². The van der Waals surface area contributed by atoms with E-state index in [0.717, 1.165) is 6.54 Å². The monoisotopic (exact) mass is 284 g/mol. The van der Waals surface area contributed by atoms with Gasteiger partial charge in [-0.1, -0.05) is 6.42 Å². The average molecular weight is 284 g/mol. The Kier molecular flexibility index (Phi) is 5.05. The molecule has 1 aliphatic rings. The first kappa shape index (κ1) is 16.8. The molecule has 0 radical (unpaired) electrons. The molecule has 0 aliphatic heterocycles. The summed E-state index contributed by atoms with van der Waals surface area (Å²) >= 11 is 0. The maximum atomic E-state index is 12.4. The van der Waals surface area contributed by atoms with Crippen LogP contribution in [0, 0.1) is 11.3 Å². The predicted molar refractivity (Wildman–Crippen MR) is 78.6 cm³/mol. The summed E-state index contributed by atoms with van der Waals surface area (Å²) in [6, 6.07) is -0.168. The molecule has 0 atom stereocenters. The van der Waals surface area contributed by atoms with Gasteiger partial charge in [0.15, 0.2) is 0 Å². The van der Waals surface area contributed by atoms with Crippen LogP contribution in [0.25, 0.3) is 0 Å². The van der Waals surface area contributed by atoms with E-state index in [1.807, 2.05) is 6.92 Å². The summed E-state index contributed by atoms with van der Waals surface area (Å²) in [5, 5.41) is 12.2. The van der Waals surface area contributed by atoms with Gasteiger partial charge in [-0.05, 0) is 53.4 Å². The molecule has 0 heterocycles. The zero-order valence-electron chi connectivity index (χ0n) is 13.3. The number of urea groups is 1. The van der Waals surface area contributed by atoms with Crippen LogP contribution in [0.5, 0.6) is 0 Å². The van der Waals surface area contributed by atoms with Crippen LogP contribution >= 0.6 is 0 Å². The third-order valence-electron chi connectivity index (χ3n) is 4.89. The zero-order valence-corrected chi connectivity index (χ0v) is 13.3. The molecule has 1 aliphatic carbocycles. The summed E-state index contributed by atoms with van der Waals surface area (Å²) in [4.78, 5) is 25.5. The second-order valence-electron chi connectivity index (χ2n) is 6.82. The Balaban J connectivity index is 2.68. The summed E-state index contributed by atoms with van der Waals surface area (Å²) < 4.78 is 0. The molecule has 0 saturated heterocycles. The topological polar surface area (TPSA) is 69.6 Å². The fourth-order valence-corrected chi connectivity index (χ4v) is 2.11. The van der Waals surface area contributed by atoms with Crippen molar-refractivity contribution < 1.29 is 14.7 Å². The number of nitrogens with one attached hydrogen (secondary N) is 1. The SMILES string of the molecule is CCN(CC1CCC1)C(=O)NC(C)(C)C(C)(C)C(=O)O. The molecule has 1 saturated carbocycles. The van der Waals surface area contributed by atoms with Gasteiger partial charge in [-0.3, -0.25) is 4.79 Å². The molecule has 1 fully saturated rings. The first-order valence-corrected chi connectivity index (χ1v) is 7.42. The zero-order chi connectivity index (χ0) is 15.6. The van der Waals surface area contributed by atoms with Gasteiger partial charge in [0, 0.05) is 13.1 Å². The van der Waals surface area contributed by atoms with Gasteiger partial charge >= 0.3 is 12.0 Å². The predicted octanol–water partition coefficient (Wildman–Crippen LogP) is 2.71. The van der Waals surface area contributed by atoms with Crippen LogP contribution in [-0.4, -0.2) is 40.6 Å². The Hall–Kier alpha value is -1.26. The highest BCUT2D eigenvalue weighted by Gasteiger charge is 2.45. The number of nitrogens with zero attached hydrogens (tertiary/aromatic N) is 1. The molecule has 116 valence electrons. The van der Waals surface area contributed by atoms with Crippen molar-refractivity contribution in [3.63, 3.8) is 0 Å². The van der Waals surface area contributed by atoms with Gasteiger partial charge in [0.25, 0.3) is 0 Å². The van der Waals surface area contributed by atoms with Crippen molar-refractivity contribution in [2.75, 3.05) is 13.1 Å². The van der Waals surface area contributed by atoms with Crippen LogP contribution < -0.4 is 5.32 Å². The molecular weight excluding hydrogens is 256 g/mol. The van der Waals surface area contributed by atoms with Gasteiger partial charge in [-0.15, -0.1) is 0 Å². The standard InChI is InChI=1S/C15H28N2O3/c1-6-17(10-11-8-7-9-11)13(20)16-15(4,5)14(2,3)12(18)19/h11H,6-10H2,1-5H3,(H,16,20)(H,18,19). The molecule has 20 heavy (non-hydrogen) atoms. The highest BCUT2D eigenvalue weighted by molar-refractivity contribution is 5.79. The molecule has 2 amide bonds. The van der Waals surface area contributed by atoms with E-state index in [4.69, 9.17) is 0 Å². The van der Waals surface area contributed by atoms with Crippen molar-refractivity contribution >= 4 is 12.0 Å². The van der Waals surface area contributed by atoms with E-state index in [1.54, 1.807) is 32.6 Å². The number of aliphatic carboxylic acids is 1. The Morgan fingerprint density at radius 1 is 1.25 bits per heavy atom. The fourth-order valence-electron chi connectivity index (χ4n) is 2.11. The maximum Gasteiger partial charge on any atom is 0.317 e. The normalized spacial score (nSPS) is 16.4. The molecule has 0 aromatic carbocycles. The quantitative estimate of drug-likeness (QED) is 0.788. The Morgan fingerprint density at radius 3 is 2.15 bits per heavy atom. The van der Waals surface area contributed by atoms with Crippen LogP contribution in [0.4, 0.5) is 4.79 Å². The molecule has 1 rings (SSSR count). The second-order valence-corrected chi connectivity index (χ2v) is 6.82. The number of carbonyl (C=O) groups is 2. The van der Waals surface area contributed by atoms with Crippen LogP contribution in [0.3, 0.4) is 0 Å². The molecule has 0 spiro atoms. The number of carboxylic acid groups (broad SMARTS) is 1. The van der Waals surface area contributed by atoms with Gasteiger partial charge < -0.3 is 15.3 Å². The number of hydrogen-bond donors (Lipinski definition) is 2. The number of hydrogen-bond acceptors (Lipinski definition) is 2. The van der Waals surface area contributed by atoms with Gasteiger partial charge in [0.05, 0.1) is 11.0 Å². The van der Waals surface area contributed by atoms with Crippen molar-refractivity contribution in [2.24, 2.45) is 11.3 Å². The minimum atomic E-state index is -1.03. The van der Waals surface area contributed by atoms with E-state index in [0.29, 0.717) is 12.5 Å². The molecule has 0 aromatic rings. The summed E-state index contributed by atoms with van der Waals surface area (Å²) in [6.07, 6.45) is 3.63. The summed E-state index contributed by atoms with van der Waals surface area (Å²) in [5.74, 6) is -0.305. The second kappa shape index (κ2) is 6.02. The van der Waals surface area contributed by atoms with Crippen molar-refractivity contribution in [1.82, 2.24) is 10.2 Å². The molecule has 5 heteroatoms. The van der Waals surface area contributed by atoms with E-state index >= 15 is 0 Å². The fraction of sp³-hybridized carbons (Fsp3) is 0.867. The van der Waals surface area contributed by atoms with Gasteiger partial charge in [0.1, 0.15) is 0 Å². The minimum absolute atomic E-state index is 0.168. The molecule has 0 bridgehead atoms. The van der Waals surface area contributed by atoms with E-state index in [2.05, 4.69) is 5.32 Å². The van der Waals surface area contributed by atoms with Crippen molar-refractivity contribution in [3.05, 3.63) is 0 Å². The van der Waals surface area contributed by atoms with Crippen LogP contribution in [0.2, 0.25) is 0 Å². The minimum Gasteiger partial charge on any atom is -0.481 e. The number of carbonyl (C=O) groups excluding carboxylic acids is 1. The lowest BCUT2D eigenvalue weighted by atomic mass is 9.74. The molecular formula is C15H28N2O3. The van der Waals surface area contributed by atoms with Gasteiger partial charge in [0.2, 0.25) is 0 Å². The van der Waals surface area contributed by atoms with Crippen LogP contribution in [0.15, 0.2) is 0 Å². The largest absolute Gasteiger partial charge is 0.481 e. The van der Waals surface area contributed by atoms with E-state index in [1.165, 1.54) is 19.3 Å². The van der Waals surface area contributed by atoms with E-state index < -0.39 is 16.9 Å². The maximum absolute atomic E-state index is 12.4. The molecule has 2 N–H and O–H groups in total. The number of rotatable bonds is 6. The van der Waals surface area contributed by atoms with E-state index in [9.17, 15) is 14.7 Å². The van der Waals surface area contributed by atoms with Crippen LogP contribution in [-0.2, 0) is 4.79 Å². The third-order valence-corrected chi connectivity index (χ3v) is 4.89. The first-order valence-electron chi connectivity index (χ1n) is 7.42. The van der Waals surface area contributed by atoms with Crippen molar-refractivity contribution in [2.45, 2.75) is 59.4 Å². The highest BCUT2D eigenvalue weighted by atomic mass is 16.4. The van der Waals surface area contributed by atoms with Gasteiger partial charge in [-0.2, -0.15) is 0 Å². The number of amides is 2. The highest BCUT2D eigenvalue weighted by Crippen LogP contribution is 2.31.